The summed E-state index contributed by atoms with van der Waals surface area (Å²) < 4.78 is 15.6. The van der Waals surface area contributed by atoms with Crippen LogP contribution in [-0.4, -0.2) is 49.4 Å². The third kappa shape index (κ3) is 5.23. The van der Waals surface area contributed by atoms with E-state index in [1.165, 1.54) is 13.8 Å². The van der Waals surface area contributed by atoms with E-state index in [1.54, 1.807) is 6.92 Å². The molecule has 1 N–H and O–H groups in total. The van der Waals surface area contributed by atoms with Gasteiger partial charge in [-0.25, -0.2) is 4.79 Å². The molecule has 1 saturated heterocycles. The Balaban J connectivity index is 2.31. The molecule has 1 aliphatic heterocycles. The highest BCUT2D eigenvalue weighted by molar-refractivity contribution is 5.89. The molecule has 0 bridgehead atoms. The fourth-order valence-electron chi connectivity index (χ4n) is 2.57. The molecule has 0 aromatic heterocycles. The maximum Gasteiger partial charge on any atom is 0.340 e. The Bertz CT molecular complexity index is 678. The largest absolute Gasteiger partial charge is 0.425 e. The average molecular weight is 362 g/mol. The number of para-hydroxylation sites is 1. The number of aryl methyl sites for hydroxylation is 1. The fourth-order valence-corrected chi connectivity index (χ4v) is 2.57. The Morgan fingerprint density at radius 3 is 2.54 bits per heavy atom. The summed E-state index contributed by atoms with van der Waals surface area (Å²) in [5.41, 5.74) is 2.37. The molecule has 0 spiro atoms. The summed E-state index contributed by atoms with van der Waals surface area (Å²) in [5, 5.41) is 3.35. The van der Waals surface area contributed by atoms with E-state index in [0.29, 0.717) is 37.7 Å². The van der Waals surface area contributed by atoms with Crippen molar-refractivity contribution in [3.8, 4) is 0 Å². The van der Waals surface area contributed by atoms with Crippen LogP contribution in [0.4, 0.5) is 5.69 Å². The minimum Gasteiger partial charge on any atom is -0.425 e. The van der Waals surface area contributed by atoms with Gasteiger partial charge in [-0.2, -0.15) is 0 Å². The normalized spacial score (nSPS) is 15.8. The summed E-state index contributed by atoms with van der Waals surface area (Å²) in [4.78, 5) is 25.2. The van der Waals surface area contributed by atoms with Crippen LogP contribution in [0.1, 0.15) is 26.3 Å². The van der Waals surface area contributed by atoms with Gasteiger partial charge in [0, 0.05) is 32.6 Å². The molecule has 0 amide bonds. The number of carbonyl (C=O) groups excluding carboxylic acids is 2. The Morgan fingerprint density at radius 1 is 1.27 bits per heavy atom. The standard InChI is InChI=1S/C19H26N2O5/c1-14-7-5-6-8-16(14)20-17(21-9-11-24-12-10-21)15(2)18(23)26-19(3,4)25-13-22/h5-8,13,20H,9-12H2,1-4H3/b17-15-. The number of morpholine rings is 1. The van der Waals surface area contributed by atoms with Gasteiger partial charge >= 0.3 is 5.97 Å². The number of esters is 1. The van der Waals surface area contributed by atoms with Crippen LogP contribution in [0.5, 0.6) is 0 Å². The van der Waals surface area contributed by atoms with Crippen LogP contribution >= 0.6 is 0 Å². The maximum absolute atomic E-state index is 12.6. The molecule has 0 aliphatic carbocycles. The number of rotatable bonds is 7. The van der Waals surface area contributed by atoms with Gasteiger partial charge in [0.05, 0.1) is 18.8 Å². The number of anilines is 1. The van der Waals surface area contributed by atoms with Gasteiger partial charge < -0.3 is 24.4 Å². The number of nitrogens with one attached hydrogen (secondary N) is 1. The lowest BCUT2D eigenvalue weighted by Gasteiger charge is -2.33. The molecule has 7 heteroatoms. The first-order valence-electron chi connectivity index (χ1n) is 8.55. The summed E-state index contributed by atoms with van der Waals surface area (Å²) in [6.45, 7) is 9.46. The van der Waals surface area contributed by atoms with E-state index in [9.17, 15) is 9.59 Å². The fraction of sp³-hybridized carbons (Fsp3) is 0.474. The van der Waals surface area contributed by atoms with Crippen molar-refractivity contribution in [3.05, 3.63) is 41.2 Å². The lowest BCUT2D eigenvalue weighted by Crippen LogP contribution is -2.40. The maximum atomic E-state index is 12.6. The number of hydrogen-bond donors (Lipinski definition) is 1. The molecule has 1 aromatic rings. The monoisotopic (exact) mass is 362 g/mol. The molecule has 0 saturated carbocycles. The zero-order valence-electron chi connectivity index (χ0n) is 15.7. The van der Waals surface area contributed by atoms with E-state index in [1.807, 2.05) is 31.2 Å². The van der Waals surface area contributed by atoms with Crippen LogP contribution in [0.3, 0.4) is 0 Å². The molecular weight excluding hydrogens is 336 g/mol. The van der Waals surface area contributed by atoms with Crippen LogP contribution < -0.4 is 5.32 Å². The molecule has 7 nitrogen and oxygen atoms in total. The van der Waals surface area contributed by atoms with Crippen LogP contribution in [0.15, 0.2) is 35.7 Å². The van der Waals surface area contributed by atoms with E-state index in [-0.39, 0.29) is 6.47 Å². The number of hydrogen-bond acceptors (Lipinski definition) is 7. The van der Waals surface area contributed by atoms with Crippen molar-refractivity contribution < 1.29 is 23.8 Å². The van der Waals surface area contributed by atoms with E-state index >= 15 is 0 Å². The molecule has 1 fully saturated rings. The minimum atomic E-state index is -1.33. The van der Waals surface area contributed by atoms with Crippen molar-refractivity contribution in [2.24, 2.45) is 0 Å². The van der Waals surface area contributed by atoms with E-state index < -0.39 is 11.8 Å². The van der Waals surface area contributed by atoms with Crippen molar-refractivity contribution >= 4 is 18.1 Å². The summed E-state index contributed by atoms with van der Waals surface area (Å²) in [5.74, 6) is -1.23. The van der Waals surface area contributed by atoms with Crippen molar-refractivity contribution in [2.45, 2.75) is 33.5 Å². The summed E-state index contributed by atoms with van der Waals surface area (Å²) in [7, 11) is 0. The second-order valence-electron chi connectivity index (χ2n) is 6.52. The predicted octanol–water partition coefficient (Wildman–Crippen LogP) is 2.42. The lowest BCUT2D eigenvalue weighted by molar-refractivity contribution is -0.204. The molecular formula is C19H26N2O5. The Kier molecular flexibility index (Phi) is 6.63. The zero-order chi connectivity index (χ0) is 19.2. The SMILES string of the molecule is C/C(C(=O)OC(C)(C)OC=O)=C(\Nc1ccccc1C)N1CCOCC1. The molecule has 26 heavy (non-hydrogen) atoms. The second-order valence-corrected chi connectivity index (χ2v) is 6.52. The first-order chi connectivity index (χ1) is 12.3. The van der Waals surface area contributed by atoms with Crippen LogP contribution in [0, 0.1) is 6.92 Å². The zero-order valence-corrected chi connectivity index (χ0v) is 15.7. The smallest absolute Gasteiger partial charge is 0.340 e. The van der Waals surface area contributed by atoms with Gasteiger partial charge in [0.15, 0.2) is 0 Å². The lowest BCUT2D eigenvalue weighted by atomic mass is 10.2. The first-order valence-corrected chi connectivity index (χ1v) is 8.55. The van der Waals surface area contributed by atoms with Crippen LogP contribution in [-0.2, 0) is 23.8 Å². The highest BCUT2D eigenvalue weighted by Gasteiger charge is 2.28. The van der Waals surface area contributed by atoms with E-state index in [2.05, 4.69) is 10.2 Å². The summed E-state index contributed by atoms with van der Waals surface area (Å²) in [6.07, 6.45) is 0. The quantitative estimate of drug-likeness (QED) is 0.345. The number of ether oxygens (including phenoxy) is 3. The molecule has 0 radical (unpaired) electrons. The van der Waals surface area contributed by atoms with Gasteiger partial charge in [-0.05, 0) is 25.5 Å². The summed E-state index contributed by atoms with van der Waals surface area (Å²) in [6, 6.07) is 7.84. The van der Waals surface area contributed by atoms with Crippen molar-refractivity contribution in [2.75, 3.05) is 31.6 Å². The summed E-state index contributed by atoms with van der Waals surface area (Å²) >= 11 is 0. The Morgan fingerprint density at radius 2 is 1.92 bits per heavy atom. The van der Waals surface area contributed by atoms with Gasteiger partial charge in [0.1, 0.15) is 5.82 Å². The topological polar surface area (TPSA) is 77.1 Å². The highest BCUT2D eigenvalue weighted by atomic mass is 16.7. The minimum absolute atomic E-state index is 0.265. The van der Waals surface area contributed by atoms with Crippen LogP contribution in [0.25, 0.3) is 0 Å². The van der Waals surface area contributed by atoms with E-state index in [4.69, 9.17) is 14.2 Å². The van der Waals surface area contributed by atoms with Gasteiger partial charge in [-0.3, -0.25) is 4.79 Å². The van der Waals surface area contributed by atoms with Gasteiger partial charge in [-0.15, -0.1) is 0 Å². The molecule has 0 unspecified atom stereocenters. The third-order valence-corrected chi connectivity index (χ3v) is 4.06. The second kappa shape index (κ2) is 8.71. The molecule has 1 aromatic carbocycles. The number of carbonyl (C=O) groups is 2. The van der Waals surface area contributed by atoms with Crippen molar-refractivity contribution in [1.82, 2.24) is 4.90 Å². The average Bonchev–Trinajstić information content (AvgIpc) is 2.60. The van der Waals surface area contributed by atoms with Gasteiger partial charge in [0.2, 0.25) is 0 Å². The van der Waals surface area contributed by atoms with Gasteiger partial charge in [0.25, 0.3) is 12.3 Å². The van der Waals surface area contributed by atoms with E-state index in [0.717, 1.165) is 11.3 Å². The van der Waals surface area contributed by atoms with Crippen LogP contribution in [0.2, 0.25) is 0 Å². The number of benzene rings is 1. The van der Waals surface area contributed by atoms with Crippen molar-refractivity contribution in [1.29, 1.82) is 0 Å². The number of nitrogens with zero attached hydrogens (tertiary/aromatic N) is 1. The Labute approximate surface area is 153 Å². The van der Waals surface area contributed by atoms with Gasteiger partial charge in [-0.1, -0.05) is 18.2 Å². The Hall–Kier alpha value is -2.54. The predicted molar refractivity (Wildman–Crippen MR) is 97.2 cm³/mol. The molecule has 1 heterocycles. The third-order valence-electron chi connectivity index (χ3n) is 4.06. The molecule has 142 valence electrons. The highest BCUT2D eigenvalue weighted by Crippen LogP contribution is 2.22. The molecule has 0 atom stereocenters. The van der Waals surface area contributed by atoms with Crippen molar-refractivity contribution in [3.63, 3.8) is 0 Å². The molecule has 1 aliphatic rings. The first kappa shape index (κ1) is 19.8. The molecule has 2 rings (SSSR count).